The first-order valence-electron chi connectivity index (χ1n) is 8.22. The minimum atomic E-state index is -0.242. The van der Waals surface area contributed by atoms with Crippen LogP contribution in [-0.2, 0) is 9.59 Å². The van der Waals surface area contributed by atoms with Crippen LogP contribution < -0.4 is 0 Å². The van der Waals surface area contributed by atoms with Gasteiger partial charge >= 0.3 is 0 Å². The Morgan fingerprint density at radius 1 is 1.25 bits per heavy atom. The molecule has 1 saturated carbocycles. The number of carbonyl (C=O) groups excluding carboxylic acids is 2. The van der Waals surface area contributed by atoms with Gasteiger partial charge in [0.25, 0.3) is 0 Å². The molecule has 2 unspecified atom stereocenters. The van der Waals surface area contributed by atoms with E-state index >= 15 is 0 Å². The van der Waals surface area contributed by atoms with Crippen LogP contribution in [0.15, 0.2) is 0 Å². The first-order chi connectivity index (χ1) is 9.38. The van der Waals surface area contributed by atoms with Gasteiger partial charge in [0, 0.05) is 24.3 Å². The van der Waals surface area contributed by atoms with Gasteiger partial charge in [-0.3, -0.25) is 14.5 Å². The molecule has 2 rings (SSSR count). The Hall–Kier alpha value is -0.700. The van der Waals surface area contributed by atoms with Crippen molar-refractivity contribution in [2.45, 2.75) is 77.8 Å². The van der Waals surface area contributed by atoms with E-state index in [9.17, 15) is 9.59 Å². The van der Waals surface area contributed by atoms with Crippen LogP contribution in [0.3, 0.4) is 0 Å². The average molecular weight is 279 g/mol. The highest BCUT2D eigenvalue weighted by atomic mass is 16.1. The van der Waals surface area contributed by atoms with Crippen molar-refractivity contribution in [3.63, 3.8) is 0 Å². The summed E-state index contributed by atoms with van der Waals surface area (Å²) in [5.41, 5.74) is -0.242. The Kier molecular flexibility index (Phi) is 4.68. The highest BCUT2D eigenvalue weighted by Crippen LogP contribution is 2.44. The quantitative estimate of drug-likeness (QED) is 0.793. The maximum atomic E-state index is 13.0. The summed E-state index contributed by atoms with van der Waals surface area (Å²) >= 11 is 0. The molecule has 0 amide bonds. The van der Waals surface area contributed by atoms with Crippen molar-refractivity contribution in [3.05, 3.63) is 0 Å². The van der Waals surface area contributed by atoms with E-state index in [1.54, 1.807) is 0 Å². The summed E-state index contributed by atoms with van der Waals surface area (Å²) in [6, 6.07) is 0.416. The van der Waals surface area contributed by atoms with Crippen LogP contribution in [0.2, 0.25) is 0 Å². The fourth-order valence-electron chi connectivity index (χ4n) is 4.06. The lowest BCUT2D eigenvalue weighted by Crippen LogP contribution is -2.58. The predicted molar refractivity (Wildman–Crippen MR) is 80.6 cm³/mol. The number of ketones is 2. The summed E-state index contributed by atoms with van der Waals surface area (Å²) in [4.78, 5) is 27.3. The third kappa shape index (κ3) is 2.69. The normalized spacial score (nSPS) is 31.7. The Labute approximate surface area is 123 Å². The summed E-state index contributed by atoms with van der Waals surface area (Å²) in [5.74, 6) is 0.628. The molecule has 0 aromatic carbocycles. The maximum Gasteiger partial charge on any atom is 0.156 e. The summed E-state index contributed by atoms with van der Waals surface area (Å²) < 4.78 is 0. The van der Waals surface area contributed by atoms with Crippen LogP contribution in [0, 0.1) is 11.8 Å². The number of hydrogen-bond acceptors (Lipinski definition) is 3. The summed E-state index contributed by atoms with van der Waals surface area (Å²) in [5, 5.41) is 0. The lowest BCUT2D eigenvalue weighted by molar-refractivity contribution is -0.137. The minimum absolute atomic E-state index is 0.0238. The van der Waals surface area contributed by atoms with Gasteiger partial charge in [-0.15, -0.1) is 0 Å². The summed E-state index contributed by atoms with van der Waals surface area (Å²) in [6.45, 7) is 9.27. The van der Waals surface area contributed by atoms with Crippen molar-refractivity contribution >= 4 is 11.6 Å². The maximum absolute atomic E-state index is 13.0. The molecular weight excluding hydrogens is 250 g/mol. The zero-order valence-corrected chi connectivity index (χ0v) is 13.4. The number of rotatable bonds is 4. The van der Waals surface area contributed by atoms with Crippen molar-refractivity contribution in [1.29, 1.82) is 0 Å². The molecule has 3 heteroatoms. The number of piperidine rings is 1. The molecule has 1 spiro atoms. The van der Waals surface area contributed by atoms with Crippen molar-refractivity contribution in [2.24, 2.45) is 11.8 Å². The molecule has 0 N–H and O–H groups in total. The van der Waals surface area contributed by atoms with E-state index < -0.39 is 0 Å². The molecule has 1 saturated heterocycles. The molecule has 1 aliphatic heterocycles. The van der Waals surface area contributed by atoms with E-state index in [1.807, 2.05) is 13.8 Å². The molecule has 1 aliphatic carbocycles. The van der Waals surface area contributed by atoms with E-state index in [4.69, 9.17) is 0 Å². The van der Waals surface area contributed by atoms with Crippen LogP contribution in [-0.4, -0.2) is 34.6 Å². The van der Waals surface area contributed by atoms with Crippen LogP contribution in [0.1, 0.15) is 66.2 Å². The van der Waals surface area contributed by atoms with E-state index in [0.29, 0.717) is 18.2 Å². The molecule has 0 bridgehead atoms. The monoisotopic (exact) mass is 279 g/mol. The average Bonchev–Trinajstić information content (AvgIpc) is 2.69. The molecule has 1 heterocycles. The topological polar surface area (TPSA) is 37.4 Å². The zero-order chi connectivity index (χ0) is 14.9. The molecule has 2 fully saturated rings. The van der Waals surface area contributed by atoms with E-state index in [2.05, 4.69) is 18.7 Å². The first kappa shape index (κ1) is 15.7. The fraction of sp³-hybridized carbons (Fsp3) is 0.882. The van der Waals surface area contributed by atoms with Gasteiger partial charge in [0.15, 0.2) is 5.78 Å². The van der Waals surface area contributed by atoms with Gasteiger partial charge in [-0.05, 0) is 52.5 Å². The van der Waals surface area contributed by atoms with E-state index in [0.717, 1.165) is 32.2 Å². The third-order valence-electron chi connectivity index (χ3n) is 5.24. The zero-order valence-electron chi connectivity index (χ0n) is 13.4. The van der Waals surface area contributed by atoms with E-state index in [1.165, 1.54) is 6.42 Å². The summed E-state index contributed by atoms with van der Waals surface area (Å²) in [7, 11) is 0. The highest BCUT2D eigenvalue weighted by molar-refractivity contribution is 5.96. The number of hydrogen-bond donors (Lipinski definition) is 0. The summed E-state index contributed by atoms with van der Waals surface area (Å²) in [6.07, 6.45) is 5.67. The third-order valence-corrected chi connectivity index (χ3v) is 5.24. The molecule has 0 aromatic heterocycles. The fourth-order valence-corrected chi connectivity index (χ4v) is 4.06. The Balaban J connectivity index is 2.14. The van der Waals surface area contributed by atoms with Gasteiger partial charge in [-0.1, -0.05) is 13.8 Å². The van der Waals surface area contributed by atoms with E-state index in [-0.39, 0.29) is 23.2 Å². The molecule has 2 aliphatic rings. The number of carbonyl (C=O) groups is 2. The van der Waals surface area contributed by atoms with Crippen LogP contribution in [0.5, 0.6) is 0 Å². The second-order valence-corrected chi connectivity index (χ2v) is 7.20. The lowest BCUT2D eigenvalue weighted by atomic mass is 9.81. The van der Waals surface area contributed by atoms with Crippen molar-refractivity contribution in [1.82, 2.24) is 4.90 Å². The van der Waals surface area contributed by atoms with Crippen LogP contribution >= 0.6 is 0 Å². The second-order valence-electron chi connectivity index (χ2n) is 7.20. The smallest absolute Gasteiger partial charge is 0.156 e. The number of nitrogens with zero attached hydrogens (tertiary/aromatic N) is 1. The van der Waals surface area contributed by atoms with Gasteiger partial charge in [-0.2, -0.15) is 0 Å². The Morgan fingerprint density at radius 2 is 1.95 bits per heavy atom. The minimum Gasteiger partial charge on any atom is -0.299 e. The van der Waals surface area contributed by atoms with Crippen LogP contribution in [0.25, 0.3) is 0 Å². The molecule has 2 atom stereocenters. The lowest BCUT2D eigenvalue weighted by Gasteiger charge is -2.46. The Morgan fingerprint density at radius 3 is 2.55 bits per heavy atom. The largest absolute Gasteiger partial charge is 0.299 e. The van der Waals surface area contributed by atoms with Crippen LogP contribution in [0.4, 0.5) is 0 Å². The van der Waals surface area contributed by atoms with Gasteiger partial charge in [-0.25, -0.2) is 0 Å². The second kappa shape index (κ2) is 5.97. The molecule has 114 valence electrons. The molecular formula is C17H29NO2. The van der Waals surface area contributed by atoms with Crippen molar-refractivity contribution in [2.75, 3.05) is 6.54 Å². The highest BCUT2D eigenvalue weighted by Gasteiger charge is 2.52. The van der Waals surface area contributed by atoms with Crippen molar-refractivity contribution < 1.29 is 9.59 Å². The van der Waals surface area contributed by atoms with Gasteiger partial charge in [0.1, 0.15) is 5.78 Å². The molecule has 3 nitrogen and oxygen atoms in total. The first-order valence-corrected chi connectivity index (χ1v) is 8.22. The molecule has 20 heavy (non-hydrogen) atoms. The standard InChI is InChI=1S/C17H29NO2/c1-12(2)15(19)11-14-7-9-17(16(14)20)8-5-6-10-18(17)13(3)4/h12-14H,5-11H2,1-4H3. The SMILES string of the molecule is CC(C)C(=O)CC1CCC2(CCCCN2C(C)C)C1=O. The van der Waals surface area contributed by atoms with Gasteiger partial charge in [0.05, 0.1) is 5.54 Å². The number of Topliss-reactive ketones (excluding diaryl/α,β-unsaturated/α-hetero) is 2. The van der Waals surface area contributed by atoms with Gasteiger partial charge < -0.3 is 0 Å². The Bertz CT molecular complexity index is 388. The molecule has 0 aromatic rings. The molecule has 0 radical (unpaired) electrons. The van der Waals surface area contributed by atoms with Crippen molar-refractivity contribution in [3.8, 4) is 0 Å². The van der Waals surface area contributed by atoms with Gasteiger partial charge in [0.2, 0.25) is 0 Å². The number of likely N-dealkylation sites (tertiary alicyclic amines) is 1. The predicted octanol–water partition coefficient (Wildman–Crippen LogP) is 3.21.